The molecule has 6 heteroatoms. The van der Waals surface area contributed by atoms with Gasteiger partial charge in [-0.3, -0.25) is 0 Å². The first kappa shape index (κ1) is 18.6. The van der Waals surface area contributed by atoms with Crippen LogP contribution in [0.2, 0.25) is 0 Å². The second-order valence-electron chi connectivity index (χ2n) is 7.27. The molecule has 2 aromatic rings. The number of anilines is 1. The second kappa shape index (κ2) is 8.10. The van der Waals surface area contributed by atoms with E-state index in [4.69, 9.17) is 19.2 Å². The molecule has 2 aliphatic rings. The minimum atomic E-state index is -0.247. The van der Waals surface area contributed by atoms with E-state index in [-0.39, 0.29) is 6.10 Å². The van der Waals surface area contributed by atoms with Gasteiger partial charge in [-0.15, -0.1) is 0 Å². The van der Waals surface area contributed by atoms with Gasteiger partial charge in [0.05, 0.1) is 7.11 Å². The lowest BCUT2D eigenvalue weighted by Crippen LogP contribution is -2.44. The Hall–Kier alpha value is -2.73. The second-order valence-corrected chi connectivity index (χ2v) is 7.27. The third-order valence-corrected chi connectivity index (χ3v) is 5.22. The summed E-state index contributed by atoms with van der Waals surface area (Å²) in [4.78, 5) is 9.43. The average molecular weight is 381 g/mol. The summed E-state index contributed by atoms with van der Waals surface area (Å²) in [6.07, 6.45) is -0.247. The Morgan fingerprint density at radius 3 is 2.57 bits per heavy atom. The third kappa shape index (κ3) is 3.92. The average Bonchev–Trinajstić information content (AvgIpc) is 2.72. The molecule has 0 aromatic heterocycles. The van der Waals surface area contributed by atoms with E-state index in [1.807, 2.05) is 43.3 Å². The van der Waals surface area contributed by atoms with Crippen LogP contribution in [0.1, 0.15) is 12.5 Å². The Morgan fingerprint density at radius 1 is 1.11 bits per heavy atom. The highest BCUT2D eigenvalue weighted by Gasteiger charge is 2.27. The highest BCUT2D eigenvalue weighted by atomic mass is 16.5. The molecule has 1 fully saturated rings. The van der Waals surface area contributed by atoms with Crippen LogP contribution < -0.4 is 14.4 Å². The molecule has 6 nitrogen and oxygen atoms in total. The van der Waals surface area contributed by atoms with E-state index >= 15 is 0 Å². The van der Waals surface area contributed by atoms with Crippen molar-refractivity contribution >= 4 is 17.3 Å². The van der Waals surface area contributed by atoms with E-state index in [1.54, 1.807) is 7.11 Å². The molecule has 28 heavy (non-hydrogen) atoms. The van der Waals surface area contributed by atoms with Crippen molar-refractivity contribution in [3.05, 3.63) is 48.0 Å². The van der Waals surface area contributed by atoms with Gasteiger partial charge in [0.15, 0.2) is 23.3 Å². The van der Waals surface area contributed by atoms with Crippen molar-refractivity contribution in [1.82, 2.24) is 4.90 Å². The lowest BCUT2D eigenvalue weighted by Gasteiger charge is -2.35. The molecular weight excluding hydrogens is 354 g/mol. The monoisotopic (exact) mass is 381 g/mol. The first-order valence-corrected chi connectivity index (χ1v) is 9.71. The zero-order valence-corrected chi connectivity index (χ0v) is 16.7. The van der Waals surface area contributed by atoms with Crippen molar-refractivity contribution in [2.24, 2.45) is 4.99 Å². The van der Waals surface area contributed by atoms with E-state index < -0.39 is 0 Å². The van der Waals surface area contributed by atoms with Gasteiger partial charge >= 0.3 is 0 Å². The summed E-state index contributed by atoms with van der Waals surface area (Å²) < 4.78 is 17.7. The van der Waals surface area contributed by atoms with Crippen LogP contribution in [-0.2, 0) is 11.3 Å². The number of hydrogen-bond acceptors (Lipinski definition) is 6. The molecule has 1 unspecified atom stereocenters. The highest BCUT2D eigenvalue weighted by molar-refractivity contribution is 5.88. The molecule has 0 radical (unpaired) electrons. The minimum Gasteiger partial charge on any atom is -0.494 e. The summed E-state index contributed by atoms with van der Waals surface area (Å²) in [5.74, 6) is 2.02. The van der Waals surface area contributed by atoms with E-state index in [0.717, 1.165) is 43.2 Å². The number of likely N-dealkylation sites (N-methyl/N-ethyl adjacent to an activating group) is 1. The van der Waals surface area contributed by atoms with Crippen molar-refractivity contribution in [1.29, 1.82) is 0 Å². The third-order valence-electron chi connectivity index (χ3n) is 5.22. The van der Waals surface area contributed by atoms with Crippen LogP contribution in [0.3, 0.4) is 0 Å². The molecule has 148 valence electrons. The Labute approximate surface area is 166 Å². The molecule has 2 heterocycles. The van der Waals surface area contributed by atoms with Crippen molar-refractivity contribution in [3.63, 3.8) is 0 Å². The number of hydrogen-bond donors (Lipinski definition) is 0. The number of benzene rings is 2. The topological polar surface area (TPSA) is 46.5 Å². The molecule has 2 aromatic carbocycles. The van der Waals surface area contributed by atoms with E-state index in [0.29, 0.717) is 23.9 Å². The minimum absolute atomic E-state index is 0.247. The quantitative estimate of drug-likeness (QED) is 0.812. The summed E-state index contributed by atoms with van der Waals surface area (Å²) >= 11 is 0. The maximum atomic E-state index is 6.16. The van der Waals surface area contributed by atoms with Crippen molar-refractivity contribution in [2.45, 2.75) is 19.6 Å². The van der Waals surface area contributed by atoms with Gasteiger partial charge in [0, 0.05) is 44.0 Å². The maximum Gasteiger partial charge on any atom is 0.231 e. The zero-order valence-electron chi connectivity index (χ0n) is 16.7. The number of fused-ring (bicyclic) bond motifs is 1. The van der Waals surface area contributed by atoms with Gasteiger partial charge in [0.1, 0.15) is 6.61 Å². The predicted molar refractivity (Wildman–Crippen MR) is 111 cm³/mol. The highest BCUT2D eigenvalue weighted by Crippen LogP contribution is 2.44. The number of aliphatic imine (C=N–C) groups is 1. The van der Waals surface area contributed by atoms with Crippen LogP contribution in [0.5, 0.6) is 11.5 Å². The fraction of sp³-hybridized carbons (Fsp3) is 0.409. The molecule has 4 rings (SSSR count). The summed E-state index contributed by atoms with van der Waals surface area (Å²) in [5.41, 5.74) is 2.90. The van der Waals surface area contributed by atoms with Gasteiger partial charge in [-0.05, 0) is 19.5 Å². The van der Waals surface area contributed by atoms with Gasteiger partial charge in [-0.2, -0.15) is 0 Å². The molecule has 0 aliphatic carbocycles. The SMILES string of the molecule is COc1cc(N2CCN(C)CC2)cc2c1N=C(OCc1ccccc1)C(C)O2. The maximum absolute atomic E-state index is 6.16. The number of nitrogens with zero attached hydrogens (tertiary/aromatic N) is 3. The largest absolute Gasteiger partial charge is 0.494 e. The molecule has 0 amide bonds. The summed E-state index contributed by atoms with van der Waals surface area (Å²) in [6.45, 7) is 6.50. The smallest absolute Gasteiger partial charge is 0.231 e. The Kier molecular flexibility index (Phi) is 5.39. The lowest BCUT2D eigenvalue weighted by atomic mass is 10.1. The number of ether oxygens (including phenoxy) is 3. The van der Waals surface area contributed by atoms with Crippen LogP contribution in [0, 0.1) is 0 Å². The van der Waals surface area contributed by atoms with Crippen LogP contribution in [0.25, 0.3) is 0 Å². The van der Waals surface area contributed by atoms with E-state index in [2.05, 4.69) is 22.9 Å². The Balaban J connectivity index is 1.57. The van der Waals surface area contributed by atoms with Crippen molar-refractivity contribution < 1.29 is 14.2 Å². The normalized spacial score (nSPS) is 19.5. The van der Waals surface area contributed by atoms with Crippen LogP contribution in [0.4, 0.5) is 11.4 Å². The first-order valence-electron chi connectivity index (χ1n) is 9.71. The van der Waals surface area contributed by atoms with E-state index in [9.17, 15) is 0 Å². The van der Waals surface area contributed by atoms with Crippen LogP contribution >= 0.6 is 0 Å². The molecular formula is C22H27N3O3. The Morgan fingerprint density at radius 2 is 1.86 bits per heavy atom. The summed E-state index contributed by atoms with van der Waals surface area (Å²) in [7, 11) is 3.82. The lowest BCUT2D eigenvalue weighted by molar-refractivity contribution is 0.202. The number of piperazine rings is 1. The Bertz CT molecular complexity index is 846. The van der Waals surface area contributed by atoms with E-state index in [1.165, 1.54) is 0 Å². The molecule has 1 saturated heterocycles. The first-order chi connectivity index (χ1) is 13.6. The zero-order chi connectivity index (χ0) is 19.5. The molecule has 0 spiro atoms. The van der Waals surface area contributed by atoms with Crippen molar-refractivity contribution in [2.75, 3.05) is 45.2 Å². The standard InChI is InChI=1S/C22H27N3O3/c1-16-22(27-15-17-7-5-4-6-8-17)23-21-19(26-3)13-18(14-20(21)28-16)25-11-9-24(2)10-12-25/h4-8,13-14,16H,9-12,15H2,1-3H3. The molecule has 2 aliphatic heterocycles. The number of methoxy groups -OCH3 is 1. The summed E-state index contributed by atoms with van der Waals surface area (Å²) in [6, 6.07) is 14.2. The van der Waals surface area contributed by atoms with Gasteiger partial charge in [-0.25, -0.2) is 4.99 Å². The van der Waals surface area contributed by atoms with Crippen molar-refractivity contribution in [3.8, 4) is 11.5 Å². The molecule has 0 N–H and O–H groups in total. The summed E-state index contributed by atoms with van der Waals surface area (Å²) in [5, 5.41) is 0. The van der Waals surface area contributed by atoms with Crippen LogP contribution in [-0.4, -0.2) is 57.2 Å². The van der Waals surface area contributed by atoms with Gasteiger partial charge in [0.2, 0.25) is 5.90 Å². The fourth-order valence-corrected chi connectivity index (χ4v) is 3.49. The predicted octanol–water partition coefficient (Wildman–Crippen LogP) is 3.47. The van der Waals surface area contributed by atoms with Crippen LogP contribution in [0.15, 0.2) is 47.5 Å². The fourth-order valence-electron chi connectivity index (χ4n) is 3.49. The number of rotatable bonds is 4. The molecule has 0 saturated carbocycles. The molecule has 0 bridgehead atoms. The van der Waals surface area contributed by atoms with Gasteiger partial charge < -0.3 is 24.0 Å². The van der Waals surface area contributed by atoms with Gasteiger partial charge in [-0.1, -0.05) is 30.3 Å². The molecule has 1 atom stereocenters. The van der Waals surface area contributed by atoms with Gasteiger partial charge in [0.25, 0.3) is 0 Å².